The number of carbonyl (C=O) groups is 2. The van der Waals surface area contributed by atoms with Gasteiger partial charge in [0.25, 0.3) is 0 Å². The van der Waals surface area contributed by atoms with E-state index in [1.807, 2.05) is 51.1 Å². The van der Waals surface area contributed by atoms with Crippen LogP contribution >= 0.6 is 0 Å². The number of nitrogens with one attached hydrogen (secondary N) is 2. The Hall–Kier alpha value is -2.13. The summed E-state index contributed by atoms with van der Waals surface area (Å²) in [5.41, 5.74) is 0.503. The largest absolute Gasteiger partial charge is 0.389 e. The van der Waals surface area contributed by atoms with E-state index in [1.165, 1.54) is 6.42 Å². The summed E-state index contributed by atoms with van der Waals surface area (Å²) in [4.78, 5) is 27.6. The SMILES string of the molecule is CC(C)CCN(C[C@@H](O)[C@H](Cc1ccccc1)NC(=O)[C@@H]1CCCS(=O)(=O)C1)C(=O)NC(C)(C)C.CCC. The van der Waals surface area contributed by atoms with Gasteiger partial charge in [-0.1, -0.05) is 64.4 Å². The molecule has 0 spiro atoms. The van der Waals surface area contributed by atoms with E-state index < -0.39 is 33.4 Å². The van der Waals surface area contributed by atoms with Crippen LogP contribution in [0.15, 0.2) is 30.3 Å². The number of aliphatic hydroxyl groups excluding tert-OH is 1. The molecule has 0 bridgehead atoms. The highest BCUT2D eigenvalue weighted by Gasteiger charge is 2.33. The van der Waals surface area contributed by atoms with Gasteiger partial charge in [0.05, 0.1) is 36.1 Å². The molecule has 2 rings (SSSR count). The zero-order valence-electron chi connectivity index (χ0n) is 24.5. The van der Waals surface area contributed by atoms with E-state index in [-0.39, 0.29) is 30.0 Å². The average molecular weight is 554 g/mol. The minimum Gasteiger partial charge on any atom is -0.389 e. The fraction of sp³-hybridized carbons (Fsp3) is 0.724. The molecule has 0 unspecified atom stereocenters. The predicted octanol–water partition coefficient (Wildman–Crippen LogP) is 4.17. The summed E-state index contributed by atoms with van der Waals surface area (Å²) in [6.07, 6.45) is 2.33. The Bertz CT molecular complexity index is 945. The zero-order chi connectivity index (χ0) is 28.9. The molecule has 3 amide bonds. The molecule has 1 fully saturated rings. The molecule has 218 valence electrons. The molecule has 0 aliphatic carbocycles. The monoisotopic (exact) mass is 553 g/mol. The maximum Gasteiger partial charge on any atom is 0.317 e. The van der Waals surface area contributed by atoms with E-state index in [4.69, 9.17) is 0 Å². The summed E-state index contributed by atoms with van der Waals surface area (Å²) in [7, 11) is -3.24. The van der Waals surface area contributed by atoms with Crippen molar-refractivity contribution in [1.82, 2.24) is 15.5 Å². The van der Waals surface area contributed by atoms with Crippen molar-refractivity contribution in [2.75, 3.05) is 24.6 Å². The normalized spacial score (nSPS) is 18.5. The first kappa shape index (κ1) is 33.9. The quantitative estimate of drug-likeness (QED) is 0.402. The maximum absolute atomic E-state index is 13.0. The van der Waals surface area contributed by atoms with E-state index in [0.717, 1.165) is 12.0 Å². The number of hydrogen-bond acceptors (Lipinski definition) is 5. The highest BCUT2D eigenvalue weighted by atomic mass is 32.2. The van der Waals surface area contributed by atoms with Gasteiger partial charge in [0.15, 0.2) is 9.84 Å². The first-order valence-electron chi connectivity index (χ1n) is 14.0. The predicted molar refractivity (Wildman–Crippen MR) is 155 cm³/mol. The van der Waals surface area contributed by atoms with Gasteiger partial charge in [-0.25, -0.2) is 13.2 Å². The Kier molecular flexibility index (Phi) is 14.3. The highest BCUT2D eigenvalue weighted by Crippen LogP contribution is 2.19. The maximum atomic E-state index is 13.0. The number of carbonyl (C=O) groups excluding carboxylic acids is 2. The Morgan fingerprint density at radius 2 is 1.74 bits per heavy atom. The molecule has 38 heavy (non-hydrogen) atoms. The molecule has 1 aliphatic rings. The van der Waals surface area contributed by atoms with Crippen molar-refractivity contribution >= 4 is 21.8 Å². The van der Waals surface area contributed by atoms with E-state index in [9.17, 15) is 23.1 Å². The second-order valence-corrected chi connectivity index (χ2v) is 14.1. The van der Waals surface area contributed by atoms with Crippen molar-refractivity contribution < 1.29 is 23.1 Å². The van der Waals surface area contributed by atoms with Gasteiger partial charge in [-0.05, 0) is 57.9 Å². The first-order chi connectivity index (χ1) is 17.7. The van der Waals surface area contributed by atoms with Crippen LogP contribution in [0.2, 0.25) is 0 Å². The van der Waals surface area contributed by atoms with Crippen molar-refractivity contribution in [1.29, 1.82) is 0 Å². The average Bonchev–Trinajstić information content (AvgIpc) is 2.80. The minimum atomic E-state index is -3.24. The number of amides is 3. The fourth-order valence-corrected chi connectivity index (χ4v) is 5.83. The van der Waals surface area contributed by atoms with Gasteiger partial charge in [0, 0.05) is 12.1 Å². The minimum absolute atomic E-state index is 0.0510. The van der Waals surface area contributed by atoms with Crippen LogP contribution in [-0.4, -0.2) is 72.6 Å². The number of sulfone groups is 1. The molecule has 1 aromatic carbocycles. The Morgan fingerprint density at radius 3 is 2.26 bits per heavy atom. The van der Waals surface area contributed by atoms with Crippen LogP contribution in [0.3, 0.4) is 0 Å². The van der Waals surface area contributed by atoms with Gasteiger partial charge in [-0.15, -0.1) is 0 Å². The number of nitrogens with zero attached hydrogens (tertiary/aromatic N) is 1. The number of rotatable bonds is 10. The van der Waals surface area contributed by atoms with Gasteiger partial charge in [-0.3, -0.25) is 4.79 Å². The Labute approximate surface area is 230 Å². The topological polar surface area (TPSA) is 116 Å². The van der Waals surface area contributed by atoms with Crippen LogP contribution in [0.4, 0.5) is 4.79 Å². The van der Waals surface area contributed by atoms with E-state index in [2.05, 4.69) is 38.3 Å². The molecule has 1 heterocycles. The van der Waals surface area contributed by atoms with Crippen molar-refractivity contribution in [2.24, 2.45) is 11.8 Å². The highest BCUT2D eigenvalue weighted by molar-refractivity contribution is 7.91. The Balaban J connectivity index is 0.00000229. The molecule has 1 aliphatic heterocycles. The van der Waals surface area contributed by atoms with Crippen molar-refractivity contribution in [2.45, 2.75) is 98.3 Å². The third-order valence-electron chi connectivity index (χ3n) is 6.08. The lowest BCUT2D eigenvalue weighted by atomic mass is 9.98. The summed E-state index contributed by atoms with van der Waals surface area (Å²) in [6, 6.07) is 8.57. The number of hydrogen-bond donors (Lipinski definition) is 3. The summed E-state index contributed by atoms with van der Waals surface area (Å²) >= 11 is 0. The van der Waals surface area contributed by atoms with Gasteiger partial charge in [0.2, 0.25) is 5.91 Å². The zero-order valence-corrected chi connectivity index (χ0v) is 25.3. The van der Waals surface area contributed by atoms with Gasteiger partial charge in [0.1, 0.15) is 0 Å². The molecular formula is C29H51N3O5S. The van der Waals surface area contributed by atoms with Crippen LogP contribution in [0.5, 0.6) is 0 Å². The third kappa shape index (κ3) is 13.6. The fourth-order valence-electron chi connectivity index (χ4n) is 4.12. The molecule has 3 N–H and O–H groups in total. The van der Waals surface area contributed by atoms with Gasteiger partial charge < -0.3 is 20.6 Å². The molecule has 1 saturated heterocycles. The van der Waals surface area contributed by atoms with Crippen molar-refractivity contribution in [3.8, 4) is 0 Å². The van der Waals surface area contributed by atoms with E-state index >= 15 is 0 Å². The van der Waals surface area contributed by atoms with Crippen LogP contribution in [0.25, 0.3) is 0 Å². The first-order valence-corrected chi connectivity index (χ1v) is 15.8. The molecule has 0 aromatic heterocycles. The molecule has 0 saturated carbocycles. The summed E-state index contributed by atoms with van der Waals surface area (Å²) in [5.74, 6) is -0.658. The second kappa shape index (κ2) is 16.1. The Morgan fingerprint density at radius 1 is 1.13 bits per heavy atom. The summed E-state index contributed by atoms with van der Waals surface area (Å²) in [5, 5.41) is 17.1. The van der Waals surface area contributed by atoms with E-state index in [1.54, 1.807) is 4.90 Å². The lowest BCUT2D eigenvalue weighted by molar-refractivity contribution is -0.126. The van der Waals surface area contributed by atoms with Crippen LogP contribution in [-0.2, 0) is 21.1 Å². The number of aliphatic hydroxyl groups is 1. The van der Waals surface area contributed by atoms with Crippen molar-refractivity contribution in [3.63, 3.8) is 0 Å². The second-order valence-electron chi connectivity index (χ2n) is 11.8. The lowest BCUT2D eigenvalue weighted by Gasteiger charge is -2.33. The summed E-state index contributed by atoms with van der Waals surface area (Å²) in [6.45, 7) is 14.6. The molecule has 3 atom stereocenters. The lowest BCUT2D eigenvalue weighted by Crippen LogP contribution is -2.55. The molecule has 0 radical (unpaired) electrons. The van der Waals surface area contributed by atoms with E-state index in [0.29, 0.717) is 31.7 Å². The van der Waals surface area contributed by atoms with Crippen molar-refractivity contribution in [3.05, 3.63) is 35.9 Å². The smallest absolute Gasteiger partial charge is 0.317 e. The third-order valence-corrected chi connectivity index (χ3v) is 7.90. The van der Waals surface area contributed by atoms with Crippen LogP contribution < -0.4 is 10.6 Å². The van der Waals surface area contributed by atoms with Crippen LogP contribution in [0, 0.1) is 11.8 Å². The number of urea groups is 1. The van der Waals surface area contributed by atoms with Gasteiger partial charge in [-0.2, -0.15) is 0 Å². The summed E-state index contributed by atoms with van der Waals surface area (Å²) < 4.78 is 24.1. The van der Waals surface area contributed by atoms with Crippen LogP contribution in [0.1, 0.15) is 79.7 Å². The molecular weight excluding hydrogens is 502 g/mol. The molecule has 8 nitrogen and oxygen atoms in total. The van der Waals surface area contributed by atoms with Gasteiger partial charge >= 0.3 is 6.03 Å². The molecule has 1 aromatic rings. The molecule has 9 heteroatoms. The number of benzene rings is 1. The standard InChI is InChI=1S/C26H43N3O5S.C3H8/c1-19(2)13-14-29(25(32)28-26(3,4)5)17-23(30)22(16-20-10-7-6-8-11-20)27-24(31)21-12-9-15-35(33,34)18-21;1-3-2/h6-8,10-11,19,21-23,30H,9,12-18H2,1-5H3,(H,27,31)(H,28,32);3H2,1-2H3/t21-,22+,23-;/m1./s1.